The zero-order chi connectivity index (χ0) is 19.8. The Morgan fingerprint density at radius 3 is 2.37 bits per heavy atom. The Bertz CT molecular complexity index is 822. The molecule has 0 fully saturated rings. The molecule has 1 amide bonds. The summed E-state index contributed by atoms with van der Waals surface area (Å²) in [5.74, 6) is -1.68. The first-order valence-electron chi connectivity index (χ1n) is 8.24. The first kappa shape index (κ1) is 20.5. The van der Waals surface area contributed by atoms with Crippen LogP contribution < -0.4 is 10.8 Å². The van der Waals surface area contributed by atoms with E-state index >= 15 is 0 Å². The zero-order valence-corrected chi connectivity index (χ0v) is 15.1. The summed E-state index contributed by atoms with van der Waals surface area (Å²) < 4.78 is 0. The van der Waals surface area contributed by atoms with Gasteiger partial charge in [0.05, 0.1) is 24.4 Å². The largest absolute Gasteiger partial charge is 0.478 e. The van der Waals surface area contributed by atoms with E-state index < -0.39 is 11.9 Å². The molecule has 0 aliphatic rings. The predicted molar refractivity (Wildman–Crippen MR) is 97.0 cm³/mol. The highest BCUT2D eigenvalue weighted by atomic mass is 17.1. The third-order valence-electron chi connectivity index (χ3n) is 3.88. The molecule has 0 spiro atoms. The van der Waals surface area contributed by atoms with E-state index in [1.54, 1.807) is 13.0 Å². The molecule has 144 valence electrons. The minimum absolute atomic E-state index is 0.0105. The third-order valence-corrected chi connectivity index (χ3v) is 3.88. The van der Waals surface area contributed by atoms with Crippen molar-refractivity contribution >= 4 is 11.9 Å². The van der Waals surface area contributed by atoms with Crippen molar-refractivity contribution in [1.29, 1.82) is 0 Å². The van der Waals surface area contributed by atoms with Crippen molar-refractivity contribution in [3.05, 3.63) is 69.8 Å². The van der Waals surface area contributed by atoms with Crippen LogP contribution in [0.4, 0.5) is 0 Å². The first-order chi connectivity index (χ1) is 12.9. The molecule has 2 aromatic carbocycles. The molecule has 0 aliphatic heterocycles. The van der Waals surface area contributed by atoms with E-state index in [0.29, 0.717) is 0 Å². The Balaban J connectivity index is 1.86. The van der Waals surface area contributed by atoms with Crippen LogP contribution in [0, 0.1) is 13.8 Å². The molecule has 0 saturated carbocycles. The Hall–Kier alpha value is -2.78. The Kier molecular flexibility index (Phi) is 7.44. The van der Waals surface area contributed by atoms with Gasteiger partial charge in [-0.3, -0.25) is 14.9 Å². The normalized spacial score (nSPS) is 10.6. The minimum atomic E-state index is -1.16. The number of carboxylic acids is 1. The summed E-state index contributed by atoms with van der Waals surface area (Å²) in [7, 11) is 0. The van der Waals surface area contributed by atoms with Crippen LogP contribution in [0.15, 0.2) is 36.4 Å². The van der Waals surface area contributed by atoms with Crippen molar-refractivity contribution in [2.24, 2.45) is 0 Å². The van der Waals surface area contributed by atoms with Gasteiger partial charge in [-0.15, -0.1) is 0 Å². The van der Waals surface area contributed by atoms with E-state index in [-0.39, 0.29) is 31.0 Å². The Morgan fingerprint density at radius 1 is 0.963 bits per heavy atom. The van der Waals surface area contributed by atoms with Crippen LogP contribution in [0.3, 0.4) is 0 Å². The summed E-state index contributed by atoms with van der Waals surface area (Å²) >= 11 is 0. The number of aryl methyl sites for hydroxylation is 2. The maximum absolute atomic E-state index is 12.2. The summed E-state index contributed by atoms with van der Waals surface area (Å²) in [6, 6.07) is 10.2. The summed E-state index contributed by atoms with van der Waals surface area (Å²) in [4.78, 5) is 33.0. The SMILES string of the molecule is Cc1ccc(CONCNC(=O)c2ccc(C)cc2C(=O)O)c(COO)c1. The average molecular weight is 374 g/mol. The maximum atomic E-state index is 12.2. The first-order valence-corrected chi connectivity index (χ1v) is 8.24. The molecular weight excluding hydrogens is 352 g/mol. The third kappa shape index (κ3) is 5.87. The molecule has 0 radical (unpaired) electrons. The molecule has 8 heteroatoms. The topological polar surface area (TPSA) is 117 Å². The van der Waals surface area contributed by atoms with Gasteiger partial charge in [-0.1, -0.05) is 35.4 Å². The summed E-state index contributed by atoms with van der Waals surface area (Å²) in [6.45, 7) is 3.91. The number of amides is 1. The molecule has 0 atom stereocenters. The average Bonchev–Trinajstić information content (AvgIpc) is 2.63. The molecule has 0 unspecified atom stereocenters. The summed E-state index contributed by atoms with van der Waals surface area (Å²) in [6.07, 6.45) is 0. The summed E-state index contributed by atoms with van der Waals surface area (Å²) in [5, 5.41) is 20.4. The number of hydrogen-bond donors (Lipinski definition) is 4. The van der Waals surface area contributed by atoms with Crippen molar-refractivity contribution in [1.82, 2.24) is 10.8 Å². The van der Waals surface area contributed by atoms with Crippen LogP contribution >= 0.6 is 0 Å². The van der Waals surface area contributed by atoms with Crippen LogP contribution in [-0.4, -0.2) is 28.9 Å². The smallest absolute Gasteiger partial charge is 0.336 e. The highest BCUT2D eigenvalue weighted by Gasteiger charge is 2.16. The van der Waals surface area contributed by atoms with Gasteiger partial charge in [0.15, 0.2) is 0 Å². The van der Waals surface area contributed by atoms with Gasteiger partial charge in [0.2, 0.25) is 0 Å². The van der Waals surface area contributed by atoms with Crippen LogP contribution in [0.25, 0.3) is 0 Å². The van der Waals surface area contributed by atoms with Gasteiger partial charge < -0.3 is 10.4 Å². The standard InChI is InChI=1S/C19H22N2O6/c1-12-3-5-14(15(7-12)10-27-25)9-26-21-11-20-18(22)16-6-4-13(2)8-17(16)19(23)24/h3-8,21,25H,9-11H2,1-2H3,(H,20,22)(H,23,24). The molecule has 8 nitrogen and oxygen atoms in total. The lowest BCUT2D eigenvalue weighted by atomic mass is 10.0. The zero-order valence-electron chi connectivity index (χ0n) is 15.1. The summed E-state index contributed by atoms with van der Waals surface area (Å²) in [5.41, 5.74) is 6.01. The van der Waals surface area contributed by atoms with Gasteiger partial charge in [0.1, 0.15) is 6.61 Å². The maximum Gasteiger partial charge on any atom is 0.336 e. The van der Waals surface area contributed by atoms with Gasteiger partial charge in [-0.25, -0.2) is 9.68 Å². The monoisotopic (exact) mass is 374 g/mol. The number of rotatable bonds is 9. The van der Waals surface area contributed by atoms with Crippen LogP contribution in [0.5, 0.6) is 0 Å². The van der Waals surface area contributed by atoms with Crippen molar-refractivity contribution < 1.29 is 29.7 Å². The molecule has 27 heavy (non-hydrogen) atoms. The van der Waals surface area contributed by atoms with Crippen LogP contribution in [-0.2, 0) is 22.9 Å². The molecule has 0 aromatic heterocycles. The second kappa shape index (κ2) is 9.79. The van der Waals surface area contributed by atoms with Gasteiger partial charge >= 0.3 is 5.97 Å². The lowest BCUT2D eigenvalue weighted by Crippen LogP contribution is -2.34. The molecule has 0 heterocycles. The Morgan fingerprint density at radius 2 is 1.67 bits per heavy atom. The molecule has 4 N–H and O–H groups in total. The van der Waals surface area contributed by atoms with E-state index in [1.165, 1.54) is 12.1 Å². The number of carboxylic acid groups (broad SMARTS) is 1. The van der Waals surface area contributed by atoms with E-state index in [9.17, 15) is 14.7 Å². The molecule has 0 aliphatic carbocycles. The highest BCUT2D eigenvalue weighted by Crippen LogP contribution is 2.14. The van der Waals surface area contributed by atoms with Gasteiger partial charge in [-0.05, 0) is 37.1 Å². The second-order valence-corrected chi connectivity index (χ2v) is 6.02. The number of hydrogen-bond acceptors (Lipinski definition) is 6. The quantitative estimate of drug-likeness (QED) is 0.230. The number of benzene rings is 2. The van der Waals surface area contributed by atoms with Crippen LogP contribution in [0.2, 0.25) is 0 Å². The number of aromatic carboxylic acids is 1. The minimum Gasteiger partial charge on any atom is -0.478 e. The molecule has 0 bridgehead atoms. The van der Waals surface area contributed by atoms with Gasteiger partial charge in [0, 0.05) is 0 Å². The van der Waals surface area contributed by atoms with Gasteiger partial charge in [0.25, 0.3) is 5.91 Å². The fraction of sp³-hybridized carbons (Fsp3) is 0.263. The second-order valence-electron chi connectivity index (χ2n) is 6.02. The lowest BCUT2D eigenvalue weighted by molar-refractivity contribution is -0.253. The number of hydroxylamine groups is 1. The van der Waals surface area contributed by atoms with E-state index in [4.69, 9.17) is 10.1 Å². The van der Waals surface area contributed by atoms with Crippen molar-refractivity contribution in [2.45, 2.75) is 27.1 Å². The lowest BCUT2D eigenvalue weighted by Gasteiger charge is -2.12. The number of carbonyl (C=O) groups excluding carboxylic acids is 1. The van der Waals surface area contributed by atoms with Crippen molar-refractivity contribution in [2.75, 3.05) is 6.67 Å². The molecule has 2 aromatic rings. The van der Waals surface area contributed by atoms with Crippen molar-refractivity contribution in [3.8, 4) is 0 Å². The van der Waals surface area contributed by atoms with Crippen LogP contribution in [0.1, 0.15) is 43.0 Å². The molecule has 0 saturated heterocycles. The number of carbonyl (C=O) groups is 2. The molecular formula is C19H22N2O6. The molecule has 2 rings (SSSR count). The number of nitrogens with one attached hydrogen (secondary N) is 2. The van der Waals surface area contributed by atoms with E-state index in [2.05, 4.69) is 15.7 Å². The van der Waals surface area contributed by atoms with Gasteiger partial charge in [-0.2, -0.15) is 5.48 Å². The highest BCUT2D eigenvalue weighted by molar-refractivity contribution is 6.04. The fourth-order valence-corrected chi connectivity index (χ4v) is 2.52. The fourth-order valence-electron chi connectivity index (χ4n) is 2.52. The van der Waals surface area contributed by atoms with E-state index in [1.807, 2.05) is 25.1 Å². The van der Waals surface area contributed by atoms with Crippen molar-refractivity contribution in [3.63, 3.8) is 0 Å². The predicted octanol–water partition coefficient (Wildman–Crippen LogP) is 2.40. The Labute approximate surface area is 156 Å². The van der Waals surface area contributed by atoms with E-state index in [0.717, 1.165) is 22.3 Å².